The van der Waals surface area contributed by atoms with Crippen molar-refractivity contribution in [3.05, 3.63) is 45.7 Å². The first kappa shape index (κ1) is 17.2. The van der Waals surface area contributed by atoms with Gasteiger partial charge >= 0.3 is 0 Å². The number of benzene rings is 1. The summed E-state index contributed by atoms with van der Waals surface area (Å²) in [5.74, 6) is 0.0771. The van der Waals surface area contributed by atoms with Crippen LogP contribution in [0.5, 0.6) is 0 Å². The summed E-state index contributed by atoms with van der Waals surface area (Å²) in [5.41, 5.74) is 9.53. The number of rotatable bonds is 3. The van der Waals surface area contributed by atoms with Gasteiger partial charge in [0.2, 0.25) is 0 Å². The van der Waals surface area contributed by atoms with Gasteiger partial charge in [-0.1, -0.05) is 6.92 Å². The molecule has 128 valence electrons. The van der Waals surface area contributed by atoms with Crippen LogP contribution in [0.25, 0.3) is 5.69 Å². The van der Waals surface area contributed by atoms with Gasteiger partial charge < -0.3 is 10.6 Å². The minimum Gasteiger partial charge on any atom is -0.338 e. The molecule has 1 unspecified atom stereocenters. The average Bonchev–Trinajstić information content (AvgIpc) is 3.11. The summed E-state index contributed by atoms with van der Waals surface area (Å²) in [4.78, 5) is 14.6. The van der Waals surface area contributed by atoms with E-state index in [4.69, 9.17) is 5.73 Å². The highest BCUT2D eigenvalue weighted by Crippen LogP contribution is 2.29. The van der Waals surface area contributed by atoms with Crippen molar-refractivity contribution < 1.29 is 4.79 Å². The summed E-state index contributed by atoms with van der Waals surface area (Å²) in [6.45, 7) is 8.24. The number of aryl methyl sites for hydroxylation is 1. The molecule has 1 amide bonds. The van der Waals surface area contributed by atoms with Gasteiger partial charge in [-0.2, -0.15) is 5.10 Å². The second-order valence-electron chi connectivity index (χ2n) is 6.93. The zero-order valence-corrected chi connectivity index (χ0v) is 15.9. The molecule has 1 aliphatic rings. The summed E-state index contributed by atoms with van der Waals surface area (Å²) in [6, 6.07) is 7.63. The first-order valence-electron chi connectivity index (χ1n) is 8.16. The standard InChI is InChI=1S/C18H23BrN4O/c1-12-16(19)13(2)23(21-12)15-6-4-14(5-7-15)17(24)22-9-8-18(3,10-20)11-22/h4-7H,8-11,20H2,1-3H3. The maximum absolute atomic E-state index is 12.7. The summed E-state index contributed by atoms with van der Waals surface area (Å²) < 4.78 is 2.90. The number of hydrogen-bond acceptors (Lipinski definition) is 3. The molecule has 1 aromatic heterocycles. The molecule has 24 heavy (non-hydrogen) atoms. The summed E-state index contributed by atoms with van der Waals surface area (Å²) in [7, 11) is 0. The fraction of sp³-hybridized carbons (Fsp3) is 0.444. The molecule has 2 aromatic rings. The van der Waals surface area contributed by atoms with Gasteiger partial charge in [0.1, 0.15) is 0 Å². The predicted octanol–water partition coefficient (Wildman–Crippen LogP) is 3.06. The zero-order valence-electron chi connectivity index (χ0n) is 14.3. The Morgan fingerprint density at radius 1 is 1.33 bits per heavy atom. The maximum Gasteiger partial charge on any atom is 0.253 e. The lowest BCUT2D eigenvalue weighted by atomic mass is 9.90. The van der Waals surface area contributed by atoms with E-state index in [9.17, 15) is 4.79 Å². The molecule has 0 spiro atoms. The third-order valence-corrected chi connectivity index (χ3v) is 6.05. The van der Waals surface area contributed by atoms with E-state index >= 15 is 0 Å². The quantitative estimate of drug-likeness (QED) is 0.875. The van der Waals surface area contributed by atoms with E-state index < -0.39 is 0 Å². The molecule has 1 saturated heterocycles. The molecule has 1 aliphatic heterocycles. The van der Waals surface area contributed by atoms with Crippen LogP contribution in [0.15, 0.2) is 28.7 Å². The van der Waals surface area contributed by atoms with E-state index in [2.05, 4.69) is 28.0 Å². The number of carbonyl (C=O) groups is 1. The number of likely N-dealkylation sites (tertiary alicyclic amines) is 1. The van der Waals surface area contributed by atoms with Crippen LogP contribution in [0.1, 0.15) is 35.1 Å². The first-order chi connectivity index (χ1) is 11.3. The zero-order chi connectivity index (χ0) is 17.5. The van der Waals surface area contributed by atoms with Crippen LogP contribution in [0.4, 0.5) is 0 Å². The van der Waals surface area contributed by atoms with E-state index in [0.717, 1.165) is 41.1 Å². The number of amides is 1. The lowest BCUT2D eigenvalue weighted by molar-refractivity contribution is 0.0777. The van der Waals surface area contributed by atoms with Crippen LogP contribution in [-0.4, -0.2) is 40.2 Å². The van der Waals surface area contributed by atoms with Gasteiger partial charge in [0, 0.05) is 18.7 Å². The normalized spacial score (nSPS) is 20.6. The first-order valence-corrected chi connectivity index (χ1v) is 8.95. The molecule has 0 saturated carbocycles. The highest BCUT2D eigenvalue weighted by atomic mass is 79.9. The van der Waals surface area contributed by atoms with E-state index in [1.54, 1.807) is 0 Å². The SMILES string of the molecule is Cc1nn(-c2ccc(C(=O)N3CCC(C)(CN)C3)cc2)c(C)c1Br. The van der Waals surface area contributed by atoms with Gasteiger partial charge in [-0.3, -0.25) is 4.79 Å². The Hall–Kier alpha value is -1.66. The van der Waals surface area contributed by atoms with Crippen molar-refractivity contribution in [3.8, 4) is 5.69 Å². The molecule has 3 rings (SSSR count). The second-order valence-corrected chi connectivity index (χ2v) is 7.73. The maximum atomic E-state index is 12.7. The van der Waals surface area contributed by atoms with Crippen LogP contribution in [0, 0.1) is 19.3 Å². The summed E-state index contributed by atoms with van der Waals surface area (Å²) in [5, 5.41) is 4.52. The minimum absolute atomic E-state index is 0.0472. The molecule has 2 N–H and O–H groups in total. The van der Waals surface area contributed by atoms with Gasteiger partial charge in [-0.25, -0.2) is 4.68 Å². The third kappa shape index (κ3) is 3.00. The van der Waals surface area contributed by atoms with Crippen LogP contribution in [-0.2, 0) is 0 Å². The van der Waals surface area contributed by atoms with Crippen molar-refractivity contribution in [1.82, 2.24) is 14.7 Å². The lowest BCUT2D eigenvalue weighted by Gasteiger charge is -2.22. The predicted molar refractivity (Wildman–Crippen MR) is 98.4 cm³/mol. The molecular weight excluding hydrogens is 368 g/mol. The molecule has 1 fully saturated rings. The van der Waals surface area contributed by atoms with Crippen molar-refractivity contribution >= 4 is 21.8 Å². The van der Waals surface area contributed by atoms with Gasteiger partial charge in [-0.15, -0.1) is 0 Å². The van der Waals surface area contributed by atoms with Crippen LogP contribution in [0.3, 0.4) is 0 Å². The highest BCUT2D eigenvalue weighted by molar-refractivity contribution is 9.10. The Kier molecular flexibility index (Phi) is 4.53. The minimum atomic E-state index is 0.0472. The second kappa shape index (κ2) is 6.33. The Bertz CT molecular complexity index is 768. The van der Waals surface area contributed by atoms with Crippen molar-refractivity contribution in [3.63, 3.8) is 0 Å². The number of nitrogens with zero attached hydrogens (tertiary/aromatic N) is 3. The van der Waals surface area contributed by atoms with E-state index in [1.807, 2.05) is 47.7 Å². The largest absolute Gasteiger partial charge is 0.338 e. The number of aromatic nitrogens is 2. The highest BCUT2D eigenvalue weighted by Gasteiger charge is 2.35. The molecule has 1 atom stereocenters. The fourth-order valence-electron chi connectivity index (χ4n) is 3.17. The third-order valence-electron chi connectivity index (χ3n) is 4.90. The summed E-state index contributed by atoms with van der Waals surface area (Å²) >= 11 is 3.54. The monoisotopic (exact) mass is 390 g/mol. The van der Waals surface area contributed by atoms with Gasteiger partial charge in [0.25, 0.3) is 5.91 Å². The molecule has 0 bridgehead atoms. The number of halogens is 1. The van der Waals surface area contributed by atoms with E-state index in [0.29, 0.717) is 12.1 Å². The number of hydrogen-bond donors (Lipinski definition) is 1. The van der Waals surface area contributed by atoms with E-state index in [1.165, 1.54) is 0 Å². The average molecular weight is 391 g/mol. The van der Waals surface area contributed by atoms with Crippen LogP contribution in [0.2, 0.25) is 0 Å². The van der Waals surface area contributed by atoms with Crippen molar-refractivity contribution in [2.75, 3.05) is 19.6 Å². The Morgan fingerprint density at radius 2 is 2.00 bits per heavy atom. The molecule has 0 radical (unpaired) electrons. The van der Waals surface area contributed by atoms with Gasteiger partial charge in [0.05, 0.1) is 21.5 Å². The fourth-order valence-corrected chi connectivity index (χ4v) is 3.41. The van der Waals surface area contributed by atoms with Gasteiger partial charge in [-0.05, 0) is 72.4 Å². The molecule has 6 heteroatoms. The van der Waals surface area contributed by atoms with E-state index in [-0.39, 0.29) is 11.3 Å². The van der Waals surface area contributed by atoms with Crippen molar-refractivity contribution in [2.45, 2.75) is 27.2 Å². The smallest absolute Gasteiger partial charge is 0.253 e. The summed E-state index contributed by atoms with van der Waals surface area (Å²) in [6.07, 6.45) is 0.965. The molecule has 2 heterocycles. The van der Waals surface area contributed by atoms with Crippen molar-refractivity contribution in [1.29, 1.82) is 0 Å². The molecular formula is C18H23BrN4O. The van der Waals surface area contributed by atoms with Crippen molar-refractivity contribution in [2.24, 2.45) is 11.1 Å². The number of nitrogens with two attached hydrogens (primary N) is 1. The van der Waals surface area contributed by atoms with Crippen LogP contribution < -0.4 is 5.73 Å². The number of carbonyl (C=O) groups excluding carboxylic acids is 1. The Labute approximate surface area is 151 Å². The Morgan fingerprint density at radius 3 is 2.50 bits per heavy atom. The topological polar surface area (TPSA) is 64.2 Å². The van der Waals surface area contributed by atoms with Gasteiger partial charge in [0.15, 0.2) is 0 Å². The lowest BCUT2D eigenvalue weighted by Crippen LogP contribution is -2.34. The molecule has 0 aliphatic carbocycles. The molecule has 1 aromatic carbocycles. The molecule has 5 nitrogen and oxygen atoms in total. The van der Waals surface area contributed by atoms with Crippen LogP contribution >= 0.6 is 15.9 Å². The Balaban J connectivity index is 1.80.